The Morgan fingerprint density at radius 2 is 1.53 bits per heavy atom. The number of amides is 1. The van der Waals surface area contributed by atoms with Crippen LogP contribution in [0.15, 0.2) is 0 Å². The van der Waals surface area contributed by atoms with Gasteiger partial charge in [0.25, 0.3) is 0 Å². The summed E-state index contributed by atoms with van der Waals surface area (Å²) in [7, 11) is 1.83. The molecule has 0 saturated heterocycles. The van der Waals surface area contributed by atoms with Crippen molar-refractivity contribution in [1.82, 2.24) is 4.90 Å². The minimum atomic E-state index is -1.01. The van der Waals surface area contributed by atoms with Gasteiger partial charge in [-0.1, -0.05) is 0 Å². The van der Waals surface area contributed by atoms with Crippen molar-refractivity contribution in [3.63, 3.8) is 0 Å². The molecule has 4 bridgehead atoms. The summed E-state index contributed by atoms with van der Waals surface area (Å²) >= 11 is 0. The summed E-state index contributed by atoms with van der Waals surface area (Å²) in [4.78, 5) is 25.2. The molecule has 1 N–H and O–H groups in total. The monoisotopic (exact) mass is 265 g/mol. The molecule has 1 amide bonds. The maximum atomic E-state index is 12.3. The van der Waals surface area contributed by atoms with Gasteiger partial charge >= 0.3 is 5.97 Å². The van der Waals surface area contributed by atoms with Crippen molar-refractivity contribution in [3.05, 3.63) is 0 Å². The van der Waals surface area contributed by atoms with Crippen molar-refractivity contribution >= 4 is 11.9 Å². The minimum absolute atomic E-state index is 0.0322. The molecule has 1 unspecified atom stereocenters. The van der Waals surface area contributed by atoms with Crippen LogP contribution in [0.4, 0.5) is 0 Å². The second kappa shape index (κ2) is 4.22. The molecular weight excluding hydrogens is 242 g/mol. The summed E-state index contributed by atoms with van der Waals surface area (Å²) in [5.74, 6) is 0.152. The molecular formula is C15H23NO3. The van der Waals surface area contributed by atoms with Crippen LogP contribution in [0.5, 0.6) is 0 Å². The van der Waals surface area contributed by atoms with Crippen LogP contribution in [0.3, 0.4) is 0 Å². The summed E-state index contributed by atoms with van der Waals surface area (Å²) in [6.07, 6.45) is 7.26. The molecule has 4 fully saturated rings. The van der Waals surface area contributed by atoms with Crippen LogP contribution in [0.25, 0.3) is 0 Å². The molecule has 0 spiro atoms. The van der Waals surface area contributed by atoms with Gasteiger partial charge in [-0.25, -0.2) is 0 Å². The average molecular weight is 265 g/mol. The van der Waals surface area contributed by atoms with Crippen molar-refractivity contribution in [2.45, 2.75) is 51.0 Å². The second-order valence-electron chi connectivity index (χ2n) is 7.10. The van der Waals surface area contributed by atoms with Crippen LogP contribution in [0.1, 0.15) is 45.4 Å². The minimum Gasteiger partial charge on any atom is -0.481 e. The lowest BCUT2D eigenvalue weighted by molar-refractivity contribution is -0.159. The van der Waals surface area contributed by atoms with Crippen molar-refractivity contribution in [2.24, 2.45) is 23.7 Å². The van der Waals surface area contributed by atoms with Gasteiger partial charge in [-0.05, 0) is 63.2 Å². The Morgan fingerprint density at radius 1 is 1.11 bits per heavy atom. The maximum Gasteiger partial charge on any atom is 0.315 e. The molecule has 0 aromatic heterocycles. The Bertz CT molecular complexity index is 382. The van der Waals surface area contributed by atoms with Crippen LogP contribution >= 0.6 is 0 Å². The average Bonchev–Trinajstić information content (AvgIpc) is 2.34. The molecule has 4 saturated carbocycles. The maximum absolute atomic E-state index is 12.3. The van der Waals surface area contributed by atoms with Crippen molar-refractivity contribution < 1.29 is 14.7 Å². The Hall–Kier alpha value is -1.06. The molecule has 0 radical (unpaired) electrons. The van der Waals surface area contributed by atoms with Gasteiger partial charge in [-0.15, -0.1) is 0 Å². The molecule has 0 heterocycles. The highest BCUT2D eigenvalue weighted by Crippen LogP contribution is 2.57. The van der Waals surface area contributed by atoms with Gasteiger partial charge in [-0.2, -0.15) is 0 Å². The predicted molar refractivity (Wildman–Crippen MR) is 70.5 cm³/mol. The topological polar surface area (TPSA) is 57.6 Å². The zero-order valence-electron chi connectivity index (χ0n) is 11.8. The predicted octanol–water partition coefficient (Wildman–Crippen LogP) is 2.13. The van der Waals surface area contributed by atoms with E-state index in [1.54, 1.807) is 4.90 Å². The summed E-state index contributed by atoms with van der Waals surface area (Å²) in [5, 5.41) is 9.04. The second-order valence-corrected chi connectivity index (χ2v) is 7.10. The normalized spacial score (nSPS) is 41.1. The Morgan fingerprint density at radius 3 is 1.89 bits per heavy atom. The van der Waals surface area contributed by atoms with Crippen LogP contribution in [0.2, 0.25) is 0 Å². The van der Waals surface area contributed by atoms with E-state index in [-0.39, 0.29) is 11.4 Å². The van der Waals surface area contributed by atoms with Gasteiger partial charge in [-0.3, -0.25) is 9.59 Å². The molecule has 0 aliphatic heterocycles. The number of carboxylic acids is 1. The van der Waals surface area contributed by atoms with Gasteiger partial charge in [0.1, 0.15) is 5.92 Å². The van der Waals surface area contributed by atoms with Gasteiger partial charge in [0.05, 0.1) is 0 Å². The first kappa shape index (κ1) is 12.9. The Labute approximate surface area is 114 Å². The third-order valence-electron chi connectivity index (χ3n) is 5.79. The molecule has 4 rings (SSSR count). The molecule has 4 aliphatic carbocycles. The molecule has 4 aliphatic rings. The van der Waals surface area contributed by atoms with Gasteiger partial charge < -0.3 is 10.0 Å². The zero-order valence-corrected chi connectivity index (χ0v) is 11.8. The van der Waals surface area contributed by atoms with Crippen LogP contribution < -0.4 is 0 Å². The van der Waals surface area contributed by atoms with E-state index in [1.165, 1.54) is 26.2 Å². The fraction of sp³-hybridized carbons (Fsp3) is 0.867. The van der Waals surface area contributed by atoms with E-state index in [0.717, 1.165) is 37.0 Å². The lowest BCUT2D eigenvalue weighted by Crippen LogP contribution is -2.61. The molecule has 0 aromatic rings. The standard InChI is InChI=1S/C15H23NO3/c1-9(14(18)19)13(17)16(2)15-6-10-3-11(7-15)5-12(4-10)8-15/h9-12H,3-8H2,1-2H3,(H,18,19). The highest BCUT2D eigenvalue weighted by Gasteiger charge is 2.54. The smallest absolute Gasteiger partial charge is 0.315 e. The molecule has 0 aromatic carbocycles. The van der Waals surface area contributed by atoms with E-state index < -0.39 is 11.9 Å². The summed E-state index contributed by atoms with van der Waals surface area (Å²) in [6, 6.07) is 0. The lowest BCUT2D eigenvalue weighted by atomic mass is 9.52. The molecule has 1 atom stereocenters. The third kappa shape index (κ3) is 1.96. The lowest BCUT2D eigenvalue weighted by Gasteiger charge is -2.60. The fourth-order valence-corrected chi connectivity index (χ4v) is 5.11. The van der Waals surface area contributed by atoms with E-state index in [1.807, 2.05) is 7.05 Å². The van der Waals surface area contributed by atoms with E-state index in [2.05, 4.69) is 0 Å². The summed E-state index contributed by atoms with van der Waals surface area (Å²) < 4.78 is 0. The van der Waals surface area contributed by atoms with Crippen molar-refractivity contribution in [1.29, 1.82) is 0 Å². The molecule has 4 heteroatoms. The number of hydrogen-bond acceptors (Lipinski definition) is 2. The fourth-order valence-electron chi connectivity index (χ4n) is 5.11. The number of carboxylic acid groups (broad SMARTS) is 1. The van der Waals surface area contributed by atoms with Crippen LogP contribution in [-0.2, 0) is 9.59 Å². The number of rotatable bonds is 3. The third-order valence-corrected chi connectivity index (χ3v) is 5.79. The largest absolute Gasteiger partial charge is 0.481 e. The van der Waals surface area contributed by atoms with E-state index >= 15 is 0 Å². The van der Waals surface area contributed by atoms with Crippen molar-refractivity contribution in [2.75, 3.05) is 7.05 Å². The zero-order chi connectivity index (χ0) is 13.8. The highest BCUT2D eigenvalue weighted by molar-refractivity contribution is 5.96. The Balaban J connectivity index is 1.81. The van der Waals surface area contributed by atoms with Gasteiger partial charge in [0.15, 0.2) is 0 Å². The number of nitrogens with zero attached hydrogens (tertiary/aromatic N) is 1. The van der Waals surface area contributed by atoms with Gasteiger partial charge in [0, 0.05) is 12.6 Å². The SMILES string of the molecule is CC(C(=O)O)C(=O)N(C)C12CC3CC(CC(C3)C1)C2. The first-order chi connectivity index (χ1) is 8.91. The quantitative estimate of drug-likeness (QED) is 0.795. The summed E-state index contributed by atoms with van der Waals surface area (Å²) in [6.45, 7) is 1.50. The van der Waals surface area contributed by atoms with Crippen LogP contribution in [-0.4, -0.2) is 34.5 Å². The Kier molecular flexibility index (Phi) is 2.88. The van der Waals surface area contributed by atoms with E-state index in [0.29, 0.717) is 0 Å². The number of aliphatic carboxylic acids is 1. The number of hydrogen-bond donors (Lipinski definition) is 1. The van der Waals surface area contributed by atoms with E-state index in [4.69, 9.17) is 5.11 Å². The van der Waals surface area contributed by atoms with E-state index in [9.17, 15) is 9.59 Å². The molecule has 106 valence electrons. The highest BCUT2D eigenvalue weighted by atomic mass is 16.4. The number of carbonyl (C=O) groups excluding carboxylic acids is 1. The number of carbonyl (C=O) groups is 2. The van der Waals surface area contributed by atoms with Crippen LogP contribution in [0, 0.1) is 23.7 Å². The van der Waals surface area contributed by atoms with Crippen molar-refractivity contribution in [3.8, 4) is 0 Å². The summed E-state index contributed by atoms with van der Waals surface area (Å²) in [5.41, 5.74) is -0.0322. The molecule has 4 nitrogen and oxygen atoms in total. The first-order valence-corrected chi connectivity index (χ1v) is 7.42. The molecule has 19 heavy (non-hydrogen) atoms. The first-order valence-electron chi connectivity index (χ1n) is 7.42. The van der Waals surface area contributed by atoms with Gasteiger partial charge in [0.2, 0.25) is 5.91 Å².